The van der Waals surface area contributed by atoms with Crippen LogP contribution in [0.25, 0.3) is 0 Å². The molecule has 66 valence electrons. The molecular weight excluding hydrogens is 174 g/mol. The lowest BCUT2D eigenvalue weighted by atomic mass is 10.2. The number of nitrogens with one attached hydrogen (secondary N) is 1. The lowest BCUT2D eigenvalue weighted by molar-refractivity contribution is 0.194. The normalized spacial score (nSPS) is 8.33. The van der Waals surface area contributed by atoms with Crippen molar-refractivity contribution in [1.82, 2.24) is 5.32 Å². The predicted octanol–water partition coefficient (Wildman–Crippen LogP) is 1.57. The van der Waals surface area contributed by atoms with Gasteiger partial charge in [-0.05, 0) is 5.56 Å². The quantitative estimate of drug-likeness (QED) is 0.734. The van der Waals surface area contributed by atoms with Gasteiger partial charge in [0.05, 0.1) is 0 Å². The Morgan fingerprint density at radius 3 is 2.42 bits per heavy atom. The first kappa shape index (κ1) is 10.8. The van der Waals surface area contributed by atoms with Gasteiger partial charge < -0.3 is 10.4 Å². The number of amides is 1. The molecule has 0 heterocycles. The fraction of sp³-hybridized carbons (Fsp3) is 0.125. The van der Waals surface area contributed by atoms with Crippen molar-refractivity contribution >= 4 is 19.6 Å². The van der Waals surface area contributed by atoms with Gasteiger partial charge in [0.1, 0.15) is 0 Å². The minimum atomic E-state index is -0.992. The molecule has 0 aliphatic heterocycles. The summed E-state index contributed by atoms with van der Waals surface area (Å²) in [5.41, 5.74) is 0.968. The minimum Gasteiger partial charge on any atom is -0.465 e. The highest BCUT2D eigenvalue weighted by molar-refractivity contribution is 7.59. The molecular formula is C8H11NO2S. The van der Waals surface area contributed by atoms with Crippen molar-refractivity contribution in [3.05, 3.63) is 35.9 Å². The smallest absolute Gasteiger partial charge is 0.404 e. The summed E-state index contributed by atoms with van der Waals surface area (Å²) in [6.07, 6.45) is -0.992. The first-order valence-corrected chi connectivity index (χ1v) is 3.30. The highest BCUT2D eigenvalue weighted by atomic mass is 32.1. The van der Waals surface area contributed by atoms with Gasteiger partial charge in [0.25, 0.3) is 0 Å². The maximum absolute atomic E-state index is 10.1. The molecule has 1 rings (SSSR count). The summed E-state index contributed by atoms with van der Waals surface area (Å²) in [6, 6.07) is 9.38. The van der Waals surface area contributed by atoms with Crippen LogP contribution in [0.5, 0.6) is 0 Å². The number of rotatable bonds is 2. The number of carboxylic acid groups (broad SMARTS) is 1. The number of hydrogen-bond donors (Lipinski definition) is 2. The first-order valence-electron chi connectivity index (χ1n) is 3.30. The van der Waals surface area contributed by atoms with Crippen LogP contribution in [0.4, 0.5) is 4.79 Å². The first-order chi connectivity index (χ1) is 5.29. The SMILES string of the molecule is O=C(O)NCc1ccccc1.S. The van der Waals surface area contributed by atoms with Crippen molar-refractivity contribution < 1.29 is 9.90 Å². The summed E-state index contributed by atoms with van der Waals surface area (Å²) < 4.78 is 0. The second-order valence-electron chi connectivity index (χ2n) is 2.14. The summed E-state index contributed by atoms with van der Waals surface area (Å²) in [5, 5.41) is 10.5. The minimum absolute atomic E-state index is 0. The highest BCUT2D eigenvalue weighted by Gasteiger charge is 1.93. The molecule has 3 nitrogen and oxygen atoms in total. The van der Waals surface area contributed by atoms with Crippen molar-refractivity contribution in [2.45, 2.75) is 6.54 Å². The Kier molecular flexibility index (Phi) is 4.96. The van der Waals surface area contributed by atoms with Crippen LogP contribution in [-0.2, 0) is 6.54 Å². The van der Waals surface area contributed by atoms with Gasteiger partial charge in [-0.25, -0.2) is 4.79 Å². The summed E-state index contributed by atoms with van der Waals surface area (Å²) >= 11 is 0. The molecule has 0 aromatic heterocycles. The van der Waals surface area contributed by atoms with E-state index in [1.165, 1.54) is 0 Å². The molecule has 1 amide bonds. The molecule has 0 aliphatic rings. The molecule has 12 heavy (non-hydrogen) atoms. The van der Waals surface area contributed by atoms with Gasteiger partial charge in [0, 0.05) is 6.54 Å². The summed E-state index contributed by atoms with van der Waals surface area (Å²) in [6.45, 7) is 0.371. The average molecular weight is 185 g/mol. The van der Waals surface area contributed by atoms with E-state index in [2.05, 4.69) is 5.32 Å². The zero-order chi connectivity index (χ0) is 8.10. The Hall–Kier alpha value is -1.16. The maximum atomic E-state index is 10.1. The average Bonchev–Trinajstić information content (AvgIpc) is 2.03. The fourth-order valence-corrected chi connectivity index (χ4v) is 0.774. The zero-order valence-corrected chi connectivity index (χ0v) is 7.45. The third-order valence-electron chi connectivity index (χ3n) is 1.29. The monoisotopic (exact) mass is 185 g/mol. The molecule has 0 aliphatic carbocycles. The third-order valence-corrected chi connectivity index (χ3v) is 1.29. The summed E-state index contributed by atoms with van der Waals surface area (Å²) in [4.78, 5) is 10.1. The van der Waals surface area contributed by atoms with Crippen LogP contribution in [0.15, 0.2) is 30.3 Å². The number of benzene rings is 1. The Labute approximate surface area is 77.9 Å². The Morgan fingerprint density at radius 1 is 1.33 bits per heavy atom. The molecule has 1 aromatic carbocycles. The molecule has 0 bridgehead atoms. The fourth-order valence-electron chi connectivity index (χ4n) is 0.774. The number of carbonyl (C=O) groups is 1. The van der Waals surface area contributed by atoms with E-state index in [9.17, 15) is 4.79 Å². The van der Waals surface area contributed by atoms with Crippen molar-refractivity contribution in [2.24, 2.45) is 0 Å². The highest BCUT2D eigenvalue weighted by Crippen LogP contribution is 1.96. The van der Waals surface area contributed by atoms with E-state index in [1.54, 1.807) is 0 Å². The molecule has 1 aromatic rings. The van der Waals surface area contributed by atoms with Gasteiger partial charge in [-0.15, -0.1) is 0 Å². The van der Waals surface area contributed by atoms with Gasteiger partial charge in [0.2, 0.25) is 0 Å². The molecule has 0 fully saturated rings. The summed E-state index contributed by atoms with van der Waals surface area (Å²) in [7, 11) is 0. The molecule has 0 unspecified atom stereocenters. The lowest BCUT2D eigenvalue weighted by Crippen LogP contribution is -2.19. The van der Waals surface area contributed by atoms with Gasteiger partial charge >= 0.3 is 6.09 Å². The second kappa shape index (κ2) is 5.49. The Morgan fingerprint density at radius 2 is 1.92 bits per heavy atom. The third kappa shape index (κ3) is 3.88. The van der Waals surface area contributed by atoms with Crippen LogP contribution in [-0.4, -0.2) is 11.2 Å². The lowest BCUT2D eigenvalue weighted by Gasteiger charge is -1.98. The van der Waals surface area contributed by atoms with E-state index in [0.29, 0.717) is 6.54 Å². The molecule has 4 heteroatoms. The van der Waals surface area contributed by atoms with Gasteiger partial charge in [-0.3, -0.25) is 0 Å². The van der Waals surface area contributed by atoms with Crippen molar-refractivity contribution in [1.29, 1.82) is 0 Å². The number of hydrogen-bond acceptors (Lipinski definition) is 1. The topological polar surface area (TPSA) is 49.3 Å². The van der Waals surface area contributed by atoms with Crippen LogP contribution in [0, 0.1) is 0 Å². The van der Waals surface area contributed by atoms with Gasteiger partial charge in [-0.1, -0.05) is 30.3 Å². The van der Waals surface area contributed by atoms with E-state index >= 15 is 0 Å². The van der Waals surface area contributed by atoms with Gasteiger partial charge in [-0.2, -0.15) is 13.5 Å². The van der Waals surface area contributed by atoms with E-state index < -0.39 is 6.09 Å². The van der Waals surface area contributed by atoms with Crippen LogP contribution in [0.2, 0.25) is 0 Å². The zero-order valence-electron chi connectivity index (χ0n) is 6.45. The van der Waals surface area contributed by atoms with Crippen LogP contribution in [0.1, 0.15) is 5.56 Å². The molecule has 0 saturated carbocycles. The molecule has 0 radical (unpaired) electrons. The molecule has 0 saturated heterocycles. The Bertz CT molecular complexity index is 238. The van der Waals surface area contributed by atoms with E-state index in [0.717, 1.165) is 5.56 Å². The van der Waals surface area contributed by atoms with Gasteiger partial charge in [0.15, 0.2) is 0 Å². The maximum Gasteiger partial charge on any atom is 0.404 e. The molecule has 0 atom stereocenters. The largest absolute Gasteiger partial charge is 0.465 e. The Balaban J connectivity index is 0.00000121. The van der Waals surface area contributed by atoms with Crippen LogP contribution >= 0.6 is 13.5 Å². The van der Waals surface area contributed by atoms with Crippen molar-refractivity contribution in [3.63, 3.8) is 0 Å². The molecule has 0 spiro atoms. The van der Waals surface area contributed by atoms with Crippen molar-refractivity contribution in [2.75, 3.05) is 0 Å². The van der Waals surface area contributed by atoms with Crippen LogP contribution in [0.3, 0.4) is 0 Å². The predicted molar refractivity (Wildman–Crippen MR) is 51.7 cm³/mol. The molecule has 2 N–H and O–H groups in total. The standard InChI is InChI=1S/C8H9NO2.H2S/c10-8(11)9-6-7-4-2-1-3-5-7;/h1-5,9H,6H2,(H,10,11);1H2. The van der Waals surface area contributed by atoms with E-state index in [1.807, 2.05) is 30.3 Å². The van der Waals surface area contributed by atoms with Crippen LogP contribution < -0.4 is 5.32 Å². The van der Waals surface area contributed by atoms with E-state index in [4.69, 9.17) is 5.11 Å². The van der Waals surface area contributed by atoms with Crippen molar-refractivity contribution in [3.8, 4) is 0 Å². The van der Waals surface area contributed by atoms with E-state index in [-0.39, 0.29) is 13.5 Å². The second-order valence-corrected chi connectivity index (χ2v) is 2.14. The summed E-state index contributed by atoms with van der Waals surface area (Å²) in [5.74, 6) is 0.